The van der Waals surface area contributed by atoms with Crippen LogP contribution in [0, 0.1) is 11.8 Å². The second-order valence-corrected chi connectivity index (χ2v) is 4.66. The number of nitrogens with one attached hydrogen (secondary N) is 2. The van der Waals surface area contributed by atoms with Crippen LogP contribution in [-0.4, -0.2) is 26.8 Å². The van der Waals surface area contributed by atoms with Crippen LogP contribution in [0.3, 0.4) is 0 Å². The first-order valence-corrected chi connectivity index (χ1v) is 6.03. The quantitative estimate of drug-likeness (QED) is 0.810. The third kappa shape index (κ3) is 2.61. The molecule has 0 atom stereocenters. The maximum atomic E-state index is 11.5. The van der Waals surface area contributed by atoms with Gasteiger partial charge in [-0.25, -0.2) is 9.97 Å². The summed E-state index contributed by atoms with van der Waals surface area (Å²) in [7, 11) is 0. The van der Waals surface area contributed by atoms with E-state index in [2.05, 4.69) is 25.6 Å². The monoisotopic (exact) mass is 247 g/mol. The molecule has 7 nitrogen and oxygen atoms in total. The van der Waals surface area contributed by atoms with E-state index in [-0.39, 0.29) is 35.5 Å². The Morgan fingerprint density at radius 1 is 0.944 bits per heavy atom. The first-order valence-electron chi connectivity index (χ1n) is 6.03. The lowest BCUT2D eigenvalue weighted by atomic mass is 10.4. The number of hydrogen-bond acceptors (Lipinski definition) is 5. The Bertz CT molecular complexity index is 455. The summed E-state index contributed by atoms with van der Waals surface area (Å²) in [6.45, 7) is 0. The number of rotatable bonds is 4. The molecule has 7 heteroatoms. The summed E-state index contributed by atoms with van der Waals surface area (Å²) in [4.78, 5) is 34.7. The first kappa shape index (κ1) is 11.1. The van der Waals surface area contributed by atoms with Gasteiger partial charge in [-0.2, -0.15) is 4.98 Å². The lowest BCUT2D eigenvalue weighted by Crippen LogP contribution is -2.19. The van der Waals surface area contributed by atoms with Crippen molar-refractivity contribution >= 4 is 23.7 Å². The molecule has 0 spiro atoms. The minimum Gasteiger partial charge on any atom is -0.294 e. The molecule has 2 aliphatic rings. The van der Waals surface area contributed by atoms with Crippen LogP contribution in [0.1, 0.15) is 25.7 Å². The van der Waals surface area contributed by atoms with E-state index in [0.717, 1.165) is 25.7 Å². The Morgan fingerprint density at radius 3 is 1.78 bits per heavy atom. The number of hydrogen-bond donors (Lipinski definition) is 2. The van der Waals surface area contributed by atoms with Crippen LogP contribution in [0.25, 0.3) is 0 Å². The largest absolute Gasteiger partial charge is 0.294 e. The molecular weight excluding hydrogens is 234 g/mol. The van der Waals surface area contributed by atoms with Gasteiger partial charge in [0.2, 0.25) is 23.7 Å². The van der Waals surface area contributed by atoms with Crippen LogP contribution in [0.4, 0.5) is 11.9 Å². The molecule has 0 bridgehead atoms. The summed E-state index contributed by atoms with van der Waals surface area (Å²) in [5.41, 5.74) is 0. The van der Waals surface area contributed by atoms with E-state index in [4.69, 9.17) is 0 Å². The van der Waals surface area contributed by atoms with Crippen molar-refractivity contribution in [2.45, 2.75) is 25.7 Å². The lowest BCUT2D eigenvalue weighted by molar-refractivity contribution is -0.118. The number of aromatic nitrogens is 3. The fourth-order valence-corrected chi connectivity index (χ4v) is 1.53. The highest BCUT2D eigenvalue weighted by Crippen LogP contribution is 2.30. The van der Waals surface area contributed by atoms with Gasteiger partial charge < -0.3 is 0 Å². The molecule has 1 aromatic heterocycles. The predicted molar refractivity (Wildman–Crippen MR) is 62.5 cm³/mol. The third-order valence-corrected chi connectivity index (χ3v) is 2.94. The van der Waals surface area contributed by atoms with Crippen molar-refractivity contribution in [3.63, 3.8) is 0 Å². The standard InChI is InChI=1S/C11H13N5O2/c17-8(6-1-2-6)14-10-12-5-13-11(16-10)15-9(18)7-3-4-7/h5-7H,1-4H2,(H2,12,13,14,15,16,17,18). The number of carbonyl (C=O) groups is 2. The molecule has 0 aromatic carbocycles. The molecule has 94 valence electrons. The van der Waals surface area contributed by atoms with Crippen molar-refractivity contribution in [1.82, 2.24) is 15.0 Å². The number of carbonyl (C=O) groups excluding carboxylic acids is 2. The summed E-state index contributed by atoms with van der Waals surface area (Å²) in [5.74, 6) is 0.417. The average Bonchev–Trinajstić information content (AvgIpc) is 3.19. The van der Waals surface area contributed by atoms with Gasteiger partial charge in [-0.15, -0.1) is 0 Å². The maximum absolute atomic E-state index is 11.5. The van der Waals surface area contributed by atoms with E-state index in [1.807, 2.05) is 0 Å². The predicted octanol–water partition coefficient (Wildman–Crippen LogP) is 0.569. The van der Waals surface area contributed by atoms with E-state index >= 15 is 0 Å². The first-order chi connectivity index (χ1) is 8.72. The summed E-state index contributed by atoms with van der Waals surface area (Å²) < 4.78 is 0. The normalized spacial score (nSPS) is 18.2. The minimum atomic E-state index is -0.0688. The highest BCUT2D eigenvalue weighted by atomic mass is 16.2. The van der Waals surface area contributed by atoms with E-state index in [0.29, 0.717) is 0 Å². The molecule has 2 amide bonds. The summed E-state index contributed by atoms with van der Waals surface area (Å²) >= 11 is 0. The van der Waals surface area contributed by atoms with Gasteiger partial charge in [0.05, 0.1) is 0 Å². The average molecular weight is 247 g/mol. The number of nitrogens with zero attached hydrogens (tertiary/aromatic N) is 3. The molecule has 0 radical (unpaired) electrons. The van der Waals surface area contributed by atoms with Gasteiger partial charge in [-0.1, -0.05) is 0 Å². The van der Waals surface area contributed by atoms with Crippen molar-refractivity contribution in [3.05, 3.63) is 6.33 Å². The van der Waals surface area contributed by atoms with Crippen LogP contribution < -0.4 is 10.6 Å². The topological polar surface area (TPSA) is 96.9 Å². The van der Waals surface area contributed by atoms with Gasteiger partial charge in [0.25, 0.3) is 0 Å². The van der Waals surface area contributed by atoms with Crippen molar-refractivity contribution < 1.29 is 9.59 Å². The second kappa shape index (κ2) is 4.32. The SMILES string of the molecule is O=C(Nc1ncnc(NC(=O)C2CC2)n1)C1CC1. The van der Waals surface area contributed by atoms with Crippen LogP contribution in [0.2, 0.25) is 0 Å². The van der Waals surface area contributed by atoms with Crippen LogP contribution in [-0.2, 0) is 9.59 Å². The Labute approximate surface area is 103 Å². The van der Waals surface area contributed by atoms with Crippen molar-refractivity contribution in [2.24, 2.45) is 11.8 Å². The molecule has 0 saturated heterocycles. The van der Waals surface area contributed by atoms with Gasteiger partial charge in [0.1, 0.15) is 6.33 Å². The molecule has 1 aromatic rings. The van der Waals surface area contributed by atoms with Gasteiger partial charge in [0, 0.05) is 11.8 Å². The number of amides is 2. The molecule has 1 heterocycles. The Kier molecular flexibility index (Phi) is 2.66. The van der Waals surface area contributed by atoms with Gasteiger partial charge in [0.15, 0.2) is 0 Å². The van der Waals surface area contributed by atoms with E-state index in [1.165, 1.54) is 6.33 Å². The van der Waals surface area contributed by atoms with Gasteiger partial charge in [-0.05, 0) is 25.7 Å². The maximum Gasteiger partial charge on any atom is 0.234 e. The molecule has 0 aliphatic heterocycles. The number of anilines is 2. The molecule has 3 rings (SSSR count). The highest BCUT2D eigenvalue weighted by molar-refractivity contribution is 5.94. The summed E-state index contributed by atoms with van der Waals surface area (Å²) in [6.07, 6.45) is 4.95. The zero-order valence-corrected chi connectivity index (χ0v) is 9.72. The zero-order chi connectivity index (χ0) is 12.5. The van der Waals surface area contributed by atoms with Gasteiger partial charge >= 0.3 is 0 Å². The fourth-order valence-electron chi connectivity index (χ4n) is 1.53. The Morgan fingerprint density at radius 2 is 1.39 bits per heavy atom. The smallest absolute Gasteiger partial charge is 0.234 e. The Hall–Kier alpha value is -2.05. The van der Waals surface area contributed by atoms with Crippen molar-refractivity contribution in [1.29, 1.82) is 0 Å². The highest BCUT2D eigenvalue weighted by Gasteiger charge is 2.31. The summed E-state index contributed by atoms with van der Waals surface area (Å²) in [5, 5.41) is 5.22. The van der Waals surface area contributed by atoms with Crippen LogP contribution >= 0.6 is 0 Å². The fraction of sp³-hybridized carbons (Fsp3) is 0.545. The zero-order valence-electron chi connectivity index (χ0n) is 9.72. The van der Waals surface area contributed by atoms with Crippen LogP contribution in [0.15, 0.2) is 6.33 Å². The van der Waals surface area contributed by atoms with E-state index < -0.39 is 0 Å². The lowest BCUT2D eigenvalue weighted by Gasteiger charge is -2.04. The molecule has 2 aliphatic carbocycles. The van der Waals surface area contributed by atoms with Crippen LogP contribution in [0.5, 0.6) is 0 Å². The second-order valence-electron chi connectivity index (χ2n) is 4.66. The third-order valence-electron chi connectivity index (χ3n) is 2.94. The molecule has 18 heavy (non-hydrogen) atoms. The van der Waals surface area contributed by atoms with Crippen molar-refractivity contribution in [2.75, 3.05) is 10.6 Å². The molecule has 2 N–H and O–H groups in total. The Balaban J connectivity index is 1.63. The molecule has 2 saturated carbocycles. The minimum absolute atomic E-state index is 0.0688. The van der Waals surface area contributed by atoms with Crippen molar-refractivity contribution in [3.8, 4) is 0 Å². The van der Waals surface area contributed by atoms with E-state index in [1.54, 1.807) is 0 Å². The van der Waals surface area contributed by atoms with Gasteiger partial charge in [-0.3, -0.25) is 20.2 Å². The molecule has 0 unspecified atom stereocenters. The molecular formula is C11H13N5O2. The molecule has 2 fully saturated rings. The van der Waals surface area contributed by atoms with E-state index in [9.17, 15) is 9.59 Å². The summed E-state index contributed by atoms with van der Waals surface area (Å²) in [6, 6.07) is 0.